The van der Waals surface area contributed by atoms with Crippen LogP contribution in [0, 0.1) is 23.7 Å². The van der Waals surface area contributed by atoms with Crippen molar-refractivity contribution in [3.05, 3.63) is 29.3 Å². The summed E-state index contributed by atoms with van der Waals surface area (Å²) < 4.78 is 5.48. The molecule has 2 bridgehead atoms. The molecular weight excluding hydrogens is 312 g/mol. The third kappa shape index (κ3) is 1.90. The van der Waals surface area contributed by atoms with E-state index in [1.165, 1.54) is 0 Å². The first-order valence-corrected chi connectivity index (χ1v) is 8.17. The lowest BCUT2D eigenvalue weighted by Gasteiger charge is -2.29. The van der Waals surface area contributed by atoms with Crippen LogP contribution in [0.1, 0.15) is 6.42 Å². The van der Waals surface area contributed by atoms with Gasteiger partial charge in [-0.1, -0.05) is 11.6 Å². The summed E-state index contributed by atoms with van der Waals surface area (Å²) in [5.74, 6) is -2.13. The molecule has 6 heteroatoms. The molecule has 3 aliphatic rings. The fourth-order valence-corrected chi connectivity index (χ4v) is 5.73. The minimum absolute atomic E-state index is 0.00891. The van der Waals surface area contributed by atoms with Crippen molar-refractivity contribution in [1.82, 2.24) is 0 Å². The predicted molar refractivity (Wildman–Crippen MR) is 77.2 cm³/mol. The van der Waals surface area contributed by atoms with Crippen LogP contribution >= 0.6 is 23.4 Å². The van der Waals surface area contributed by atoms with Crippen molar-refractivity contribution in [3.63, 3.8) is 0 Å². The van der Waals surface area contributed by atoms with E-state index in [1.807, 2.05) is 24.3 Å². The van der Waals surface area contributed by atoms with Gasteiger partial charge in [0.25, 0.3) is 0 Å². The Labute approximate surface area is 130 Å². The summed E-state index contributed by atoms with van der Waals surface area (Å²) in [6, 6.07) is 7.47. The van der Waals surface area contributed by atoms with Crippen LogP contribution in [0.4, 0.5) is 0 Å². The van der Waals surface area contributed by atoms with Crippen LogP contribution in [-0.4, -0.2) is 28.4 Å². The molecule has 1 aliphatic heterocycles. The Morgan fingerprint density at radius 1 is 1.29 bits per heavy atom. The minimum Gasteiger partial charge on any atom is -0.481 e. The fraction of sp³-hybridized carbons (Fsp3) is 0.467. The smallest absolute Gasteiger partial charge is 0.310 e. The highest BCUT2D eigenvalue weighted by Crippen LogP contribution is 2.61. The van der Waals surface area contributed by atoms with Crippen LogP contribution in [-0.2, 0) is 14.3 Å². The predicted octanol–water partition coefficient (Wildman–Crippen LogP) is 2.69. The van der Waals surface area contributed by atoms with Gasteiger partial charge in [0.1, 0.15) is 6.10 Å². The highest BCUT2D eigenvalue weighted by atomic mass is 35.5. The molecule has 1 N–H and O–H groups in total. The van der Waals surface area contributed by atoms with Gasteiger partial charge in [-0.25, -0.2) is 0 Å². The Kier molecular flexibility index (Phi) is 2.98. The summed E-state index contributed by atoms with van der Waals surface area (Å²) in [4.78, 5) is 24.5. The molecule has 3 fully saturated rings. The third-order valence-corrected chi connectivity index (χ3v) is 6.60. The van der Waals surface area contributed by atoms with Gasteiger partial charge in [0.15, 0.2) is 0 Å². The molecule has 0 radical (unpaired) electrons. The standard InChI is InChI=1S/C15H13ClO4S/c16-6-1-3-7(4-2-6)21-13-9-5-8-11(10(9)14(17)18)15(19)20-12(8)13/h1-4,8-13H,5H2,(H,17,18)/t8-,9+,10+,11+,12+,13-/m0/s1. The van der Waals surface area contributed by atoms with E-state index in [9.17, 15) is 14.7 Å². The second-order valence-corrected chi connectivity index (χ2v) is 7.58. The molecule has 0 spiro atoms. The van der Waals surface area contributed by atoms with Crippen molar-refractivity contribution >= 4 is 35.3 Å². The lowest BCUT2D eigenvalue weighted by Crippen LogP contribution is -2.39. The van der Waals surface area contributed by atoms with Crippen LogP contribution in [0.5, 0.6) is 0 Å². The number of esters is 1. The summed E-state index contributed by atoms with van der Waals surface area (Å²) in [6.07, 6.45) is 0.646. The van der Waals surface area contributed by atoms with Crippen LogP contribution in [0.25, 0.3) is 0 Å². The summed E-state index contributed by atoms with van der Waals surface area (Å²) >= 11 is 7.49. The van der Waals surface area contributed by atoms with Crippen molar-refractivity contribution in [2.45, 2.75) is 22.7 Å². The van der Waals surface area contributed by atoms with E-state index in [0.29, 0.717) is 5.02 Å². The van der Waals surface area contributed by atoms with Crippen LogP contribution in [0.15, 0.2) is 29.2 Å². The maximum absolute atomic E-state index is 11.9. The molecule has 2 aliphatic carbocycles. The molecule has 4 rings (SSSR count). The topological polar surface area (TPSA) is 63.6 Å². The second kappa shape index (κ2) is 4.65. The number of benzene rings is 1. The fourth-order valence-electron chi connectivity index (χ4n) is 4.15. The van der Waals surface area contributed by atoms with Crippen molar-refractivity contribution in [2.75, 3.05) is 0 Å². The quantitative estimate of drug-likeness (QED) is 0.866. The lowest BCUT2D eigenvalue weighted by atomic mass is 9.80. The maximum Gasteiger partial charge on any atom is 0.310 e. The maximum atomic E-state index is 11.9. The average molecular weight is 325 g/mol. The average Bonchev–Trinajstić information content (AvgIpc) is 3.04. The number of hydrogen-bond acceptors (Lipinski definition) is 4. The number of halogens is 1. The van der Waals surface area contributed by atoms with Gasteiger partial charge < -0.3 is 9.84 Å². The molecule has 21 heavy (non-hydrogen) atoms. The zero-order valence-corrected chi connectivity index (χ0v) is 12.5. The number of carboxylic acids is 1. The molecule has 1 aromatic carbocycles. The number of aliphatic carboxylic acids is 1. The van der Waals surface area contributed by atoms with Crippen molar-refractivity contribution in [1.29, 1.82) is 0 Å². The molecule has 0 unspecified atom stereocenters. The molecular formula is C15H13ClO4S. The summed E-state index contributed by atoms with van der Waals surface area (Å²) in [6.45, 7) is 0. The van der Waals surface area contributed by atoms with E-state index in [2.05, 4.69) is 0 Å². The molecule has 0 aromatic heterocycles. The van der Waals surface area contributed by atoms with Gasteiger partial charge >= 0.3 is 11.9 Å². The summed E-state index contributed by atoms with van der Waals surface area (Å²) in [5.41, 5.74) is 0. The van der Waals surface area contributed by atoms with E-state index >= 15 is 0 Å². The Bertz CT molecular complexity index is 617. The first-order valence-electron chi connectivity index (χ1n) is 6.92. The largest absolute Gasteiger partial charge is 0.481 e. The van der Waals surface area contributed by atoms with E-state index in [0.717, 1.165) is 11.3 Å². The molecule has 2 saturated carbocycles. The van der Waals surface area contributed by atoms with Crippen LogP contribution in [0.3, 0.4) is 0 Å². The Morgan fingerprint density at radius 2 is 2.00 bits per heavy atom. The van der Waals surface area contributed by atoms with Gasteiger partial charge in [-0.15, -0.1) is 11.8 Å². The second-order valence-electron chi connectivity index (χ2n) is 5.89. The number of ether oxygens (including phenoxy) is 1. The number of carbonyl (C=O) groups is 2. The van der Waals surface area contributed by atoms with Gasteiger partial charge in [0.05, 0.1) is 17.1 Å². The lowest BCUT2D eigenvalue weighted by molar-refractivity contribution is -0.151. The third-order valence-electron chi connectivity index (χ3n) is 4.92. The first-order chi connectivity index (χ1) is 10.1. The number of carbonyl (C=O) groups excluding carboxylic acids is 1. The minimum atomic E-state index is -0.869. The molecule has 6 atom stereocenters. The van der Waals surface area contributed by atoms with E-state index < -0.39 is 17.8 Å². The van der Waals surface area contributed by atoms with Gasteiger partial charge in [-0.3, -0.25) is 9.59 Å². The normalized spacial score (nSPS) is 39.6. The SMILES string of the molecule is O=C1O[C@@H]2[C@H]3C[C@@H]([C@@H]2Sc2ccc(Cl)cc2)[C@@H](C(=O)O)[C@H]13. The molecule has 1 heterocycles. The van der Waals surface area contributed by atoms with Gasteiger partial charge in [-0.2, -0.15) is 0 Å². The summed E-state index contributed by atoms with van der Waals surface area (Å²) in [7, 11) is 0. The zero-order chi connectivity index (χ0) is 14.7. The Balaban J connectivity index is 1.63. The molecule has 110 valence electrons. The number of thioether (sulfide) groups is 1. The monoisotopic (exact) mass is 324 g/mol. The molecule has 4 nitrogen and oxygen atoms in total. The highest BCUT2D eigenvalue weighted by Gasteiger charge is 2.68. The number of hydrogen-bond donors (Lipinski definition) is 1. The highest BCUT2D eigenvalue weighted by molar-refractivity contribution is 8.00. The van der Waals surface area contributed by atoms with E-state index in [4.69, 9.17) is 16.3 Å². The zero-order valence-electron chi connectivity index (χ0n) is 10.9. The first kappa shape index (κ1) is 13.5. The van der Waals surface area contributed by atoms with Gasteiger partial charge in [0, 0.05) is 15.8 Å². The van der Waals surface area contributed by atoms with Gasteiger partial charge in [-0.05, 0) is 36.6 Å². The van der Waals surface area contributed by atoms with Crippen LogP contribution < -0.4 is 0 Å². The van der Waals surface area contributed by atoms with E-state index in [1.54, 1.807) is 11.8 Å². The van der Waals surface area contributed by atoms with Crippen molar-refractivity contribution in [2.24, 2.45) is 23.7 Å². The summed E-state index contributed by atoms with van der Waals surface area (Å²) in [5, 5.41) is 10.2. The molecule has 0 amide bonds. The Hall–Kier alpha value is -1.20. The van der Waals surface area contributed by atoms with Crippen molar-refractivity contribution < 1.29 is 19.4 Å². The van der Waals surface area contributed by atoms with Gasteiger partial charge in [0.2, 0.25) is 0 Å². The number of carboxylic acid groups (broad SMARTS) is 1. The number of rotatable bonds is 3. The number of fused-ring (bicyclic) bond motifs is 1. The van der Waals surface area contributed by atoms with E-state index in [-0.39, 0.29) is 29.2 Å². The Morgan fingerprint density at radius 3 is 2.67 bits per heavy atom. The molecule has 1 saturated heterocycles. The van der Waals surface area contributed by atoms with Crippen LogP contribution in [0.2, 0.25) is 5.02 Å². The van der Waals surface area contributed by atoms with Crippen molar-refractivity contribution in [3.8, 4) is 0 Å². The molecule has 1 aromatic rings.